The number of nitrogens with zero attached hydrogens (tertiary/aromatic N) is 6. The average molecular weight is 386 g/mol. The molecular weight excluding hydrogens is 367 g/mol. The second kappa shape index (κ2) is 7.51. The average Bonchev–Trinajstić information content (AvgIpc) is 3.08. The summed E-state index contributed by atoms with van der Waals surface area (Å²) >= 11 is 1.40. The van der Waals surface area contributed by atoms with E-state index in [1.165, 1.54) is 24.2 Å². The first kappa shape index (κ1) is 17.7. The molecule has 9 heteroatoms. The Kier molecular flexibility index (Phi) is 4.93. The molecule has 1 saturated heterocycles. The first-order chi connectivity index (χ1) is 13.1. The van der Waals surface area contributed by atoms with E-state index in [0.717, 1.165) is 16.1 Å². The van der Waals surface area contributed by atoms with Crippen LogP contribution in [0.15, 0.2) is 41.8 Å². The number of para-hydroxylation sites is 1. The van der Waals surface area contributed by atoms with Crippen molar-refractivity contribution in [1.82, 2.24) is 24.6 Å². The predicted molar refractivity (Wildman–Crippen MR) is 102 cm³/mol. The van der Waals surface area contributed by atoms with Crippen molar-refractivity contribution >= 4 is 34.4 Å². The maximum atomic E-state index is 13.9. The van der Waals surface area contributed by atoms with Crippen molar-refractivity contribution < 1.29 is 9.18 Å². The summed E-state index contributed by atoms with van der Waals surface area (Å²) in [5.41, 5.74) is 1.34. The summed E-state index contributed by atoms with van der Waals surface area (Å²) < 4.78 is 15.6. The Hall–Kier alpha value is -2.68. The van der Waals surface area contributed by atoms with Crippen molar-refractivity contribution in [3.8, 4) is 0 Å². The topological polar surface area (TPSA) is 67.2 Å². The van der Waals surface area contributed by atoms with Crippen LogP contribution in [0.3, 0.4) is 0 Å². The molecule has 1 aromatic carbocycles. The number of halogens is 1. The second-order valence-electron chi connectivity index (χ2n) is 6.29. The van der Waals surface area contributed by atoms with Gasteiger partial charge in [0.15, 0.2) is 5.65 Å². The lowest BCUT2D eigenvalue weighted by atomic mass is 10.2. The summed E-state index contributed by atoms with van der Waals surface area (Å²) in [7, 11) is 1.82. The third-order valence-corrected chi connectivity index (χ3v) is 5.64. The number of hydrogen-bond donors (Lipinski definition) is 0. The smallest absolute Gasteiger partial charge is 0.233 e. The molecule has 1 amide bonds. The zero-order valence-corrected chi connectivity index (χ0v) is 15.7. The van der Waals surface area contributed by atoms with Crippen molar-refractivity contribution in [2.45, 2.75) is 5.03 Å². The third-order valence-electron chi connectivity index (χ3n) is 4.65. The molecule has 4 rings (SSSR count). The van der Waals surface area contributed by atoms with Gasteiger partial charge in [-0.05, 0) is 12.1 Å². The minimum Gasteiger partial charge on any atom is -0.366 e. The zero-order chi connectivity index (χ0) is 18.8. The number of benzene rings is 1. The molecule has 140 valence electrons. The molecule has 0 aliphatic carbocycles. The highest BCUT2D eigenvalue weighted by molar-refractivity contribution is 8.00. The van der Waals surface area contributed by atoms with Gasteiger partial charge in [-0.2, -0.15) is 5.10 Å². The Morgan fingerprint density at radius 2 is 1.96 bits per heavy atom. The summed E-state index contributed by atoms with van der Waals surface area (Å²) in [5.74, 6) is 0.140. The fourth-order valence-corrected chi connectivity index (χ4v) is 4.05. The largest absolute Gasteiger partial charge is 0.366 e. The zero-order valence-electron chi connectivity index (χ0n) is 14.9. The lowest BCUT2D eigenvalue weighted by molar-refractivity contribution is -0.128. The van der Waals surface area contributed by atoms with Crippen molar-refractivity contribution in [2.24, 2.45) is 7.05 Å². The van der Waals surface area contributed by atoms with Crippen LogP contribution in [-0.4, -0.2) is 62.5 Å². The number of anilines is 1. The van der Waals surface area contributed by atoms with E-state index in [2.05, 4.69) is 15.1 Å². The van der Waals surface area contributed by atoms with Crippen LogP contribution in [0, 0.1) is 5.82 Å². The van der Waals surface area contributed by atoms with Gasteiger partial charge in [0.25, 0.3) is 0 Å². The van der Waals surface area contributed by atoms with Crippen LogP contribution in [0.1, 0.15) is 0 Å². The molecule has 3 aromatic rings. The number of hydrogen-bond acceptors (Lipinski definition) is 6. The van der Waals surface area contributed by atoms with Crippen molar-refractivity contribution in [1.29, 1.82) is 0 Å². The maximum Gasteiger partial charge on any atom is 0.233 e. The number of carbonyl (C=O) groups is 1. The monoisotopic (exact) mass is 386 g/mol. The highest BCUT2D eigenvalue weighted by atomic mass is 32.2. The van der Waals surface area contributed by atoms with Crippen LogP contribution in [0.4, 0.5) is 10.1 Å². The molecule has 7 nitrogen and oxygen atoms in total. The summed E-state index contributed by atoms with van der Waals surface area (Å²) in [5, 5.41) is 5.79. The van der Waals surface area contributed by atoms with Crippen LogP contribution in [0.2, 0.25) is 0 Å². The van der Waals surface area contributed by atoms with E-state index in [1.807, 2.05) is 22.9 Å². The van der Waals surface area contributed by atoms with Gasteiger partial charge in [0.05, 0.1) is 23.0 Å². The molecule has 0 spiro atoms. The molecule has 1 aliphatic rings. The molecule has 1 fully saturated rings. The molecule has 1 aliphatic heterocycles. The van der Waals surface area contributed by atoms with Gasteiger partial charge in [0.2, 0.25) is 5.91 Å². The number of piperazine rings is 1. The number of rotatable bonds is 4. The lowest BCUT2D eigenvalue weighted by Gasteiger charge is -2.36. The van der Waals surface area contributed by atoms with Gasteiger partial charge in [0, 0.05) is 33.2 Å². The molecule has 3 heterocycles. The van der Waals surface area contributed by atoms with Gasteiger partial charge in [-0.25, -0.2) is 14.4 Å². The molecule has 2 aromatic heterocycles. The van der Waals surface area contributed by atoms with Crippen molar-refractivity contribution in [3.63, 3.8) is 0 Å². The molecule has 0 atom stereocenters. The highest BCUT2D eigenvalue weighted by Gasteiger charge is 2.23. The molecule has 0 radical (unpaired) electrons. The van der Waals surface area contributed by atoms with Gasteiger partial charge < -0.3 is 9.80 Å². The molecule has 0 bridgehead atoms. The Labute approximate surface area is 160 Å². The molecule has 27 heavy (non-hydrogen) atoms. The summed E-state index contributed by atoms with van der Waals surface area (Å²) in [6.45, 7) is 2.41. The van der Waals surface area contributed by atoms with Crippen LogP contribution in [0.5, 0.6) is 0 Å². The normalized spacial score (nSPS) is 14.7. The second-order valence-corrected chi connectivity index (χ2v) is 7.26. The van der Waals surface area contributed by atoms with Gasteiger partial charge >= 0.3 is 0 Å². The minimum atomic E-state index is -0.225. The maximum absolute atomic E-state index is 13.9. The van der Waals surface area contributed by atoms with Gasteiger partial charge in [-0.15, -0.1) is 0 Å². The molecular formula is C18H19FN6OS. The van der Waals surface area contributed by atoms with Gasteiger partial charge in [-0.3, -0.25) is 9.48 Å². The van der Waals surface area contributed by atoms with E-state index in [0.29, 0.717) is 37.6 Å². The number of aromatic nitrogens is 4. The van der Waals surface area contributed by atoms with Crippen LogP contribution in [0.25, 0.3) is 11.0 Å². The highest BCUT2D eigenvalue weighted by Crippen LogP contribution is 2.25. The Balaban J connectivity index is 1.35. The molecule has 0 saturated carbocycles. The lowest BCUT2D eigenvalue weighted by Crippen LogP contribution is -2.49. The fraction of sp³-hybridized carbons (Fsp3) is 0.333. The predicted octanol–water partition coefficient (Wildman–Crippen LogP) is 1.94. The van der Waals surface area contributed by atoms with Crippen LogP contribution in [-0.2, 0) is 11.8 Å². The number of aryl methyl sites for hydroxylation is 1. The number of amides is 1. The Morgan fingerprint density at radius 3 is 2.74 bits per heavy atom. The quantitative estimate of drug-likeness (QED) is 0.504. The van der Waals surface area contributed by atoms with E-state index >= 15 is 0 Å². The van der Waals surface area contributed by atoms with Crippen molar-refractivity contribution in [3.05, 3.63) is 42.6 Å². The van der Waals surface area contributed by atoms with E-state index < -0.39 is 0 Å². The summed E-state index contributed by atoms with van der Waals surface area (Å²) in [6.07, 6.45) is 3.21. The van der Waals surface area contributed by atoms with Gasteiger partial charge in [0.1, 0.15) is 17.2 Å². The van der Waals surface area contributed by atoms with Crippen LogP contribution < -0.4 is 4.90 Å². The minimum absolute atomic E-state index is 0.0591. The first-order valence-electron chi connectivity index (χ1n) is 8.66. The van der Waals surface area contributed by atoms with Gasteiger partial charge in [-0.1, -0.05) is 23.9 Å². The standard InChI is InChI=1S/C18H19FN6OS/c1-23-17-13(10-22-23)18(21-12-20-17)27-11-16(26)25-8-6-24(7-9-25)15-5-3-2-4-14(15)19/h2-5,10,12H,6-9,11H2,1H3. The number of carbonyl (C=O) groups excluding carboxylic acids is 1. The molecule has 0 N–H and O–H groups in total. The van der Waals surface area contributed by atoms with E-state index in [-0.39, 0.29) is 11.7 Å². The first-order valence-corrected chi connectivity index (χ1v) is 9.65. The Morgan fingerprint density at radius 1 is 1.19 bits per heavy atom. The third kappa shape index (κ3) is 3.59. The van der Waals surface area contributed by atoms with Crippen molar-refractivity contribution in [2.75, 3.05) is 36.8 Å². The van der Waals surface area contributed by atoms with E-state index in [4.69, 9.17) is 0 Å². The van der Waals surface area contributed by atoms with Crippen LogP contribution >= 0.6 is 11.8 Å². The summed E-state index contributed by atoms with van der Waals surface area (Å²) in [6, 6.07) is 6.75. The summed E-state index contributed by atoms with van der Waals surface area (Å²) in [4.78, 5) is 24.9. The number of thioether (sulfide) groups is 1. The Bertz CT molecular complexity index is 969. The fourth-order valence-electron chi connectivity index (χ4n) is 3.18. The SMILES string of the molecule is Cn1ncc2c(SCC(=O)N3CCN(c4ccccc4F)CC3)ncnc21. The van der Waals surface area contributed by atoms with E-state index in [9.17, 15) is 9.18 Å². The number of fused-ring (bicyclic) bond motifs is 1. The molecule has 0 unspecified atom stereocenters. The van der Waals surface area contributed by atoms with E-state index in [1.54, 1.807) is 23.0 Å².